The minimum absolute atomic E-state index is 0.0406. The summed E-state index contributed by atoms with van der Waals surface area (Å²) in [6.45, 7) is 18.7. The quantitative estimate of drug-likeness (QED) is 0.182. The predicted molar refractivity (Wildman–Crippen MR) is 189 cm³/mol. The highest BCUT2D eigenvalue weighted by Gasteiger charge is 2.47. The molecule has 0 unspecified atom stereocenters. The molecule has 0 saturated heterocycles. The monoisotopic (exact) mass is 596 g/mol. The van der Waals surface area contributed by atoms with Crippen molar-refractivity contribution >= 4 is 0 Å². The molecule has 232 valence electrons. The average molecular weight is 597 g/mol. The Kier molecular flexibility index (Phi) is 7.63. The molecule has 0 amide bonds. The van der Waals surface area contributed by atoms with Crippen LogP contribution in [0, 0.1) is 19.8 Å². The fourth-order valence-corrected chi connectivity index (χ4v) is 8.17. The molecule has 2 aliphatic rings. The molecule has 4 aromatic carbocycles. The molecule has 45 heavy (non-hydrogen) atoms. The fraction of sp³-hybridized carbons (Fsp3) is 0.349. The molecule has 0 radical (unpaired) electrons. The standard InChI is InChI=1S/C43H48O2/c1-27-23-29-24-37-36(35(29)25-38(27)41(3,4)5)26-39(42(6,7)8)28(2)40(37)43(30-13-11-12-14-30,31-15-19-33(44-9)20-16-31)32-17-21-34(45-10)22-18-32/h11-23,25-26,30H,24H2,1-10H3. The van der Waals surface area contributed by atoms with Crippen LogP contribution in [0.1, 0.15) is 91.6 Å². The lowest BCUT2D eigenvalue weighted by Gasteiger charge is -2.43. The van der Waals surface area contributed by atoms with Crippen molar-refractivity contribution in [2.45, 2.75) is 78.1 Å². The SMILES string of the molecule is COc1ccc(C(c2ccc(OC)cc2)(c2c(C)c(C(C)(C)C)cc3c2Cc2cc(C)c(C(C)(C)C)cc2-3)C2C=CC=C2)cc1. The van der Waals surface area contributed by atoms with Gasteiger partial charge < -0.3 is 9.47 Å². The van der Waals surface area contributed by atoms with Crippen molar-refractivity contribution in [3.05, 3.63) is 141 Å². The van der Waals surface area contributed by atoms with Crippen LogP contribution in [0.3, 0.4) is 0 Å². The van der Waals surface area contributed by atoms with E-state index in [1.807, 2.05) is 0 Å². The second-order valence-electron chi connectivity index (χ2n) is 15.0. The number of hydrogen-bond donors (Lipinski definition) is 0. The summed E-state index contributed by atoms with van der Waals surface area (Å²) in [5.41, 5.74) is 14.7. The molecular formula is C43H48O2. The number of methoxy groups -OCH3 is 2. The Morgan fingerprint density at radius 1 is 0.622 bits per heavy atom. The van der Waals surface area contributed by atoms with Gasteiger partial charge in [-0.1, -0.05) is 108 Å². The van der Waals surface area contributed by atoms with E-state index in [-0.39, 0.29) is 16.7 Å². The molecule has 0 N–H and O–H groups in total. The van der Waals surface area contributed by atoms with Gasteiger partial charge in [0.05, 0.1) is 19.6 Å². The van der Waals surface area contributed by atoms with Crippen LogP contribution < -0.4 is 9.47 Å². The molecular weight excluding hydrogens is 548 g/mol. The Labute approximate surface area is 270 Å². The van der Waals surface area contributed by atoms with E-state index in [1.165, 1.54) is 61.2 Å². The van der Waals surface area contributed by atoms with Gasteiger partial charge in [0.1, 0.15) is 11.5 Å². The third kappa shape index (κ3) is 5.03. The van der Waals surface area contributed by atoms with Gasteiger partial charge in [0, 0.05) is 5.92 Å². The molecule has 0 fully saturated rings. The summed E-state index contributed by atoms with van der Waals surface area (Å²) in [6.07, 6.45) is 10.1. The first kappa shape index (κ1) is 31.0. The number of allylic oxidation sites excluding steroid dienone is 4. The molecule has 0 heterocycles. The van der Waals surface area contributed by atoms with Gasteiger partial charge in [-0.05, 0) is 117 Å². The number of ether oxygens (including phenoxy) is 2. The second kappa shape index (κ2) is 11.1. The van der Waals surface area contributed by atoms with E-state index in [4.69, 9.17) is 9.47 Å². The van der Waals surface area contributed by atoms with Crippen LogP contribution >= 0.6 is 0 Å². The lowest BCUT2D eigenvalue weighted by molar-refractivity contribution is 0.413. The number of aryl methyl sites for hydroxylation is 1. The van der Waals surface area contributed by atoms with Crippen LogP contribution in [0.15, 0.2) is 91.0 Å². The third-order valence-electron chi connectivity index (χ3n) is 10.2. The Bertz CT molecular complexity index is 1740. The van der Waals surface area contributed by atoms with E-state index in [2.05, 4.69) is 146 Å². The first-order valence-corrected chi connectivity index (χ1v) is 16.3. The van der Waals surface area contributed by atoms with Crippen molar-refractivity contribution in [1.29, 1.82) is 0 Å². The van der Waals surface area contributed by atoms with Gasteiger partial charge >= 0.3 is 0 Å². The van der Waals surface area contributed by atoms with Crippen molar-refractivity contribution in [3.63, 3.8) is 0 Å². The van der Waals surface area contributed by atoms with E-state index < -0.39 is 5.41 Å². The van der Waals surface area contributed by atoms with Crippen LogP contribution in [-0.4, -0.2) is 14.2 Å². The molecule has 0 bridgehead atoms. The molecule has 2 heteroatoms. The van der Waals surface area contributed by atoms with Gasteiger partial charge in [0.2, 0.25) is 0 Å². The largest absolute Gasteiger partial charge is 0.497 e. The van der Waals surface area contributed by atoms with Gasteiger partial charge in [-0.25, -0.2) is 0 Å². The normalized spacial score (nSPS) is 14.5. The first-order valence-electron chi connectivity index (χ1n) is 16.3. The third-order valence-corrected chi connectivity index (χ3v) is 10.2. The van der Waals surface area contributed by atoms with E-state index in [9.17, 15) is 0 Å². The topological polar surface area (TPSA) is 18.5 Å². The van der Waals surface area contributed by atoms with Crippen molar-refractivity contribution in [2.75, 3.05) is 14.2 Å². The molecule has 2 aliphatic carbocycles. The molecule has 6 rings (SSSR count). The molecule has 2 nitrogen and oxygen atoms in total. The van der Waals surface area contributed by atoms with Crippen LogP contribution in [0.2, 0.25) is 0 Å². The van der Waals surface area contributed by atoms with Crippen LogP contribution in [0.4, 0.5) is 0 Å². The van der Waals surface area contributed by atoms with Crippen LogP contribution in [-0.2, 0) is 22.7 Å². The number of rotatable bonds is 6. The van der Waals surface area contributed by atoms with Gasteiger partial charge in [-0.2, -0.15) is 0 Å². The Morgan fingerprint density at radius 2 is 1.11 bits per heavy atom. The summed E-state index contributed by atoms with van der Waals surface area (Å²) in [5, 5.41) is 0. The summed E-state index contributed by atoms with van der Waals surface area (Å²) < 4.78 is 11.3. The Hall–Kier alpha value is -4.04. The molecule has 0 saturated carbocycles. The van der Waals surface area contributed by atoms with Crippen molar-refractivity contribution in [2.24, 2.45) is 5.92 Å². The van der Waals surface area contributed by atoms with Gasteiger partial charge in [0.15, 0.2) is 0 Å². The van der Waals surface area contributed by atoms with Crippen LogP contribution in [0.5, 0.6) is 11.5 Å². The zero-order valence-corrected chi connectivity index (χ0v) is 28.8. The molecule has 0 aliphatic heterocycles. The van der Waals surface area contributed by atoms with E-state index in [0.717, 1.165) is 17.9 Å². The summed E-state index contributed by atoms with van der Waals surface area (Å²) in [6, 6.07) is 25.1. The molecule has 4 aromatic rings. The molecule has 0 aromatic heterocycles. The fourth-order valence-electron chi connectivity index (χ4n) is 8.17. The molecule has 0 atom stereocenters. The first-order chi connectivity index (χ1) is 21.3. The number of fused-ring (bicyclic) bond motifs is 3. The van der Waals surface area contributed by atoms with Gasteiger partial charge in [-0.15, -0.1) is 0 Å². The predicted octanol–water partition coefficient (Wildman–Crippen LogP) is 10.6. The number of hydrogen-bond acceptors (Lipinski definition) is 2. The Balaban J connectivity index is 1.78. The van der Waals surface area contributed by atoms with Gasteiger partial charge in [-0.3, -0.25) is 0 Å². The average Bonchev–Trinajstić information content (AvgIpc) is 3.65. The summed E-state index contributed by atoms with van der Waals surface area (Å²) >= 11 is 0. The van der Waals surface area contributed by atoms with E-state index >= 15 is 0 Å². The maximum Gasteiger partial charge on any atom is 0.118 e. The summed E-state index contributed by atoms with van der Waals surface area (Å²) in [4.78, 5) is 0. The lowest BCUT2D eigenvalue weighted by atomic mass is 9.58. The zero-order valence-electron chi connectivity index (χ0n) is 28.8. The minimum Gasteiger partial charge on any atom is -0.497 e. The number of benzene rings is 4. The van der Waals surface area contributed by atoms with Gasteiger partial charge in [0.25, 0.3) is 0 Å². The second-order valence-corrected chi connectivity index (χ2v) is 15.0. The minimum atomic E-state index is -0.485. The maximum atomic E-state index is 5.66. The van der Waals surface area contributed by atoms with E-state index in [0.29, 0.717) is 0 Å². The van der Waals surface area contributed by atoms with Crippen molar-refractivity contribution in [3.8, 4) is 22.6 Å². The highest BCUT2D eigenvalue weighted by Crippen LogP contribution is 2.55. The summed E-state index contributed by atoms with van der Waals surface area (Å²) in [5.74, 6) is 1.85. The molecule has 0 spiro atoms. The lowest BCUT2D eigenvalue weighted by Crippen LogP contribution is -2.38. The zero-order chi connectivity index (χ0) is 32.3. The maximum absolute atomic E-state index is 5.66. The van der Waals surface area contributed by atoms with Crippen molar-refractivity contribution in [1.82, 2.24) is 0 Å². The smallest absolute Gasteiger partial charge is 0.118 e. The summed E-state index contributed by atoms with van der Waals surface area (Å²) in [7, 11) is 3.48. The Morgan fingerprint density at radius 3 is 1.58 bits per heavy atom. The highest BCUT2D eigenvalue weighted by molar-refractivity contribution is 5.83. The van der Waals surface area contributed by atoms with E-state index in [1.54, 1.807) is 14.2 Å². The highest BCUT2D eigenvalue weighted by atomic mass is 16.5. The van der Waals surface area contributed by atoms with Crippen molar-refractivity contribution < 1.29 is 9.47 Å². The van der Waals surface area contributed by atoms with Crippen LogP contribution in [0.25, 0.3) is 11.1 Å².